The summed E-state index contributed by atoms with van der Waals surface area (Å²) in [5, 5.41) is 0. The van der Waals surface area contributed by atoms with Gasteiger partial charge in [-0.15, -0.1) is 12.1 Å². The Hall–Kier alpha value is -4.53. The van der Waals surface area contributed by atoms with Gasteiger partial charge in [-0.2, -0.15) is 30.3 Å². The van der Waals surface area contributed by atoms with Crippen LogP contribution in [-0.2, 0) is 31.9 Å². The molecule has 45 heavy (non-hydrogen) atoms. The molecular formula is C40H32N4Pt. The van der Waals surface area contributed by atoms with Gasteiger partial charge in [0.15, 0.2) is 0 Å². The molecule has 0 saturated heterocycles. The minimum atomic E-state index is -0.197. The molecule has 222 valence electrons. The van der Waals surface area contributed by atoms with Crippen LogP contribution in [0.2, 0.25) is 0 Å². The van der Waals surface area contributed by atoms with Crippen LogP contribution in [0.15, 0.2) is 122 Å². The number of benzene rings is 4. The van der Waals surface area contributed by atoms with Crippen molar-refractivity contribution in [1.82, 2.24) is 9.97 Å². The maximum absolute atomic E-state index is 4.90. The summed E-state index contributed by atoms with van der Waals surface area (Å²) in [5.74, 6) is 1.82. The molecule has 0 atom stereocenters. The third-order valence-corrected chi connectivity index (χ3v) is 9.32. The Kier molecular flexibility index (Phi) is 7.02. The molecule has 0 radical (unpaired) electrons. The van der Waals surface area contributed by atoms with Crippen LogP contribution in [0.5, 0.6) is 0 Å². The Morgan fingerprint density at radius 3 is 1.87 bits per heavy atom. The second kappa shape index (κ2) is 10.8. The van der Waals surface area contributed by atoms with Crippen molar-refractivity contribution < 1.29 is 21.1 Å². The number of rotatable bonds is 3. The zero-order valence-electron chi connectivity index (χ0n) is 25.7. The molecule has 4 heterocycles. The number of fused-ring (bicyclic) bond motifs is 4. The van der Waals surface area contributed by atoms with E-state index in [-0.39, 0.29) is 31.9 Å². The number of pyridine rings is 2. The molecule has 4 nitrogen and oxygen atoms in total. The van der Waals surface area contributed by atoms with Crippen molar-refractivity contribution in [2.75, 3.05) is 9.80 Å². The maximum atomic E-state index is 4.90. The molecule has 8 rings (SSSR count). The smallest absolute Gasteiger partial charge is 0.313 e. The van der Waals surface area contributed by atoms with Crippen molar-refractivity contribution in [3.63, 3.8) is 0 Å². The number of anilines is 6. The van der Waals surface area contributed by atoms with Gasteiger partial charge in [-0.25, -0.2) is 21.1 Å². The van der Waals surface area contributed by atoms with Crippen LogP contribution >= 0.6 is 0 Å². The van der Waals surface area contributed by atoms with E-state index in [9.17, 15) is 0 Å². The first-order chi connectivity index (χ1) is 21.4. The molecule has 2 aliphatic heterocycles. The van der Waals surface area contributed by atoms with Crippen molar-refractivity contribution in [3.05, 3.63) is 156 Å². The average molecular weight is 764 g/mol. The van der Waals surface area contributed by atoms with Crippen molar-refractivity contribution in [1.29, 1.82) is 0 Å². The van der Waals surface area contributed by atoms with Crippen LogP contribution < -0.4 is 9.80 Å². The zero-order valence-corrected chi connectivity index (χ0v) is 27.9. The number of aromatic nitrogens is 2. The van der Waals surface area contributed by atoms with E-state index in [4.69, 9.17) is 9.97 Å². The van der Waals surface area contributed by atoms with E-state index in [2.05, 4.69) is 141 Å². The molecule has 2 aromatic heterocycles. The Bertz CT molecular complexity index is 2000. The largest absolute Gasteiger partial charge is 2.00 e. The summed E-state index contributed by atoms with van der Waals surface area (Å²) in [5.41, 5.74) is 10.8. The third kappa shape index (κ3) is 4.46. The average Bonchev–Trinajstić information content (AvgIpc) is 3.06. The van der Waals surface area contributed by atoms with Gasteiger partial charge >= 0.3 is 21.1 Å². The topological polar surface area (TPSA) is 32.3 Å². The van der Waals surface area contributed by atoms with Crippen molar-refractivity contribution in [2.24, 2.45) is 0 Å². The standard InChI is InChI=1S/C40H32N4.Pt/c1-39(2)31-16-6-8-19-35(31)44(37-20-9-10-23-41-37)36-26-28(21-22-32(36)39)27-13-11-14-29(25-27)43-34-18-7-5-15-30(34)40(3,4)33-17-12-24-42-38(33)43;/h5-24H,1-4H3;/q-2;+2. The molecule has 0 N–H and O–H groups in total. The van der Waals surface area contributed by atoms with E-state index in [1.165, 1.54) is 22.3 Å². The van der Waals surface area contributed by atoms with Gasteiger partial charge in [0.05, 0.1) is 0 Å². The summed E-state index contributed by atoms with van der Waals surface area (Å²) in [6, 6.07) is 45.9. The fourth-order valence-electron chi connectivity index (χ4n) is 7.01. The third-order valence-electron chi connectivity index (χ3n) is 9.32. The molecule has 0 bridgehead atoms. The molecule has 4 aromatic carbocycles. The number of hydrogen-bond acceptors (Lipinski definition) is 4. The van der Waals surface area contributed by atoms with E-state index in [0.717, 1.165) is 45.5 Å². The van der Waals surface area contributed by atoms with Crippen LogP contribution in [0.4, 0.5) is 34.4 Å². The van der Waals surface area contributed by atoms with E-state index in [1.807, 2.05) is 30.6 Å². The van der Waals surface area contributed by atoms with Gasteiger partial charge in [-0.1, -0.05) is 81.8 Å². The molecule has 0 amide bonds. The monoisotopic (exact) mass is 763 g/mol. The summed E-state index contributed by atoms with van der Waals surface area (Å²) in [4.78, 5) is 14.2. The first-order valence-corrected chi connectivity index (χ1v) is 15.1. The van der Waals surface area contributed by atoms with E-state index < -0.39 is 0 Å². The second-order valence-electron chi connectivity index (χ2n) is 12.6. The van der Waals surface area contributed by atoms with Crippen molar-refractivity contribution in [2.45, 2.75) is 38.5 Å². The Labute approximate surface area is 279 Å². The molecule has 2 aliphatic rings. The molecule has 6 aromatic rings. The SMILES string of the molecule is CC1(C)c2ccc(-c3[c-]c(N4c5ccccc5C(C)(C)c5cccnc54)ccc3)[c-]c2N(c2ccccn2)c2ccccc21.[Pt+2]. The van der Waals surface area contributed by atoms with Gasteiger partial charge in [0, 0.05) is 34.7 Å². The summed E-state index contributed by atoms with van der Waals surface area (Å²) >= 11 is 0. The fraction of sp³-hybridized carbons (Fsp3) is 0.150. The normalized spacial score (nSPS) is 15.2. The van der Waals surface area contributed by atoms with Gasteiger partial charge in [-0.3, -0.25) is 0 Å². The van der Waals surface area contributed by atoms with Crippen LogP contribution in [0.25, 0.3) is 11.1 Å². The molecular weight excluding hydrogens is 732 g/mol. The molecule has 0 aliphatic carbocycles. The van der Waals surface area contributed by atoms with Gasteiger partial charge in [0.2, 0.25) is 0 Å². The van der Waals surface area contributed by atoms with E-state index in [0.29, 0.717) is 0 Å². The predicted octanol–water partition coefficient (Wildman–Crippen LogP) is 9.96. The Balaban J connectivity index is 0.00000325. The second-order valence-corrected chi connectivity index (χ2v) is 12.6. The molecule has 0 fully saturated rings. The summed E-state index contributed by atoms with van der Waals surface area (Å²) in [6.07, 6.45) is 3.73. The fourth-order valence-corrected chi connectivity index (χ4v) is 7.01. The first kappa shape index (κ1) is 29.2. The molecule has 0 saturated carbocycles. The van der Waals surface area contributed by atoms with Gasteiger partial charge in [0.1, 0.15) is 11.6 Å². The van der Waals surface area contributed by atoms with Crippen molar-refractivity contribution >= 4 is 34.4 Å². The Morgan fingerprint density at radius 2 is 1.13 bits per heavy atom. The summed E-state index contributed by atoms with van der Waals surface area (Å²) in [7, 11) is 0. The quantitative estimate of drug-likeness (QED) is 0.168. The minimum absolute atomic E-state index is 0. The van der Waals surface area contributed by atoms with Crippen molar-refractivity contribution in [3.8, 4) is 11.1 Å². The summed E-state index contributed by atoms with van der Waals surface area (Å²) in [6.45, 7) is 9.14. The molecule has 0 unspecified atom stereocenters. The van der Waals surface area contributed by atoms with Crippen LogP contribution in [0.1, 0.15) is 49.9 Å². The van der Waals surface area contributed by atoms with Gasteiger partial charge < -0.3 is 9.80 Å². The van der Waals surface area contributed by atoms with E-state index in [1.54, 1.807) is 0 Å². The van der Waals surface area contributed by atoms with Gasteiger partial charge in [0.25, 0.3) is 0 Å². The Morgan fingerprint density at radius 1 is 0.511 bits per heavy atom. The van der Waals surface area contributed by atoms with Crippen LogP contribution in [0.3, 0.4) is 0 Å². The number of nitrogens with zero attached hydrogens (tertiary/aromatic N) is 4. The van der Waals surface area contributed by atoms with Crippen LogP contribution in [0, 0.1) is 12.1 Å². The molecule has 5 heteroatoms. The first-order valence-electron chi connectivity index (χ1n) is 15.1. The number of hydrogen-bond donors (Lipinski definition) is 0. The molecule has 0 spiro atoms. The van der Waals surface area contributed by atoms with E-state index >= 15 is 0 Å². The predicted molar refractivity (Wildman–Crippen MR) is 179 cm³/mol. The minimum Gasteiger partial charge on any atom is -0.313 e. The zero-order chi connectivity index (χ0) is 30.1. The maximum Gasteiger partial charge on any atom is 2.00 e. The number of para-hydroxylation sites is 2. The van der Waals surface area contributed by atoms with Crippen LogP contribution in [-0.4, -0.2) is 9.97 Å². The van der Waals surface area contributed by atoms with Gasteiger partial charge in [-0.05, 0) is 58.2 Å². The summed E-state index contributed by atoms with van der Waals surface area (Å²) < 4.78 is 0.